The lowest BCUT2D eigenvalue weighted by Gasteiger charge is -2.06. The minimum absolute atomic E-state index is 0.0638. The maximum Gasteiger partial charge on any atom is 0.325 e. The van der Waals surface area contributed by atoms with Crippen molar-refractivity contribution in [2.45, 2.75) is 13.8 Å². The zero-order valence-corrected chi connectivity index (χ0v) is 11.0. The molecule has 0 aliphatic rings. The molecule has 3 N–H and O–H groups in total. The van der Waals surface area contributed by atoms with Gasteiger partial charge in [0.25, 0.3) is 0 Å². The molecular formula is C11H14N4O2S. The average molecular weight is 266 g/mol. The smallest absolute Gasteiger partial charge is 0.325 e. The highest BCUT2D eigenvalue weighted by Gasteiger charge is 2.10. The summed E-state index contributed by atoms with van der Waals surface area (Å²) in [4.78, 5) is 21.5. The summed E-state index contributed by atoms with van der Waals surface area (Å²) in [6.07, 6.45) is 0. The van der Waals surface area contributed by atoms with E-state index in [2.05, 4.69) is 15.3 Å². The fraction of sp³-hybridized carbons (Fsp3) is 0.364. The Balaban J connectivity index is 2.24. The van der Waals surface area contributed by atoms with Crippen molar-refractivity contribution in [3.05, 3.63) is 10.9 Å². The molecule has 2 heterocycles. The highest BCUT2D eigenvalue weighted by atomic mass is 32.1. The number of aromatic nitrogens is 2. The van der Waals surface area contributed by atoms with E-state index in [0.29, 0.717) is 12.4 Å². The second kappa shape index (κ2) is 5.18. The minimum Gasteiger partial charge on any atom is -0.465 e. The van der Waals surface area contributed by atoms with Crippen molar-refractivity contribution in [2.24, 2.45) is 0 Å². The molecule has 96 valence electrons. The zero-order chi connectivity index (χ0) is 13.1. The number of fused-ring (bicyclic) bond motifs is 1. The van der Waals surface area contributed by atoms with Crippen LogP contribution in [0.15, 0.2) is 6.07 Å². The number of esters is 1. The highest BCUT2D eigenvalue weighted by molar-refractivity contribution is 7.18. The number of nitrogen functional groups attached to an aromatic ring is 1. The number of carbonyl (C=O) groups is 1. The Labute approximate surface area is 108 Å². The molecule has 2 aromatic rings. The maximum absolute atomic E-state index is 11.3. The normalized spacial score (nSPS) is 10.6. The van der Waals surface area contributed by atoms with Gasteiger partial charge in [0.15, 0.2) is 0 Å². The Hall–Kier alpha value is -1.89. The third-order valence-electron chi connectivity index (χ3n) is 2.24. The fourth-order valence-corrected chi connectivity index (χ4v) is 2.45. The molecule has 0 saturated carbocycles. The summed E-state index contributed by atoms with van der Waals surface area (Å²) in [7, 11) is 0. The van der Waals surface area contributed by atoms with Crippen LogP contribution in [0.3, 0.4) is 0 Å². The van der Waals surface area contributed by atoms with Gasteiger partial charge in [-0.05, 0) is 19.9 Å². The summed E-state index contributed by atoms with van der Waals surface area (Å²) in [5.41, 5.74) is 5.63. The number of anilines is 2. The standard InChI is InChI=1S/C11H14N4O2S/c1-3-17-8(16)5-13-9-7-4-6(2)18-10(7)15-11(12)14-9/h4H,3,5H2,1-2H3,(H3,12,13,14,15). The second-order valence-corrected chi connectivity index (χ2v) is 4.90. The highest BCUT2D eigenvalue weighted by Crippen LogP contribution is 2.28. The van der Waals surface area contributed by atoms with Crippen molar-refractivity contribution < 1.29 is 9.53 Å². The number of rotatable bonds is 4. The van der Waals surface area contributed by atoms with Crippen LogP contribution in [0.2, 0.25) is 0 Å². The molecule has 18 heavy (non-hydrogen) atoms. The van der Waals surface area contributed by atoms with Gasteiger partial charge in [0.2, 0.25) is 5.95 Å². The molecule has 0 saturated heterocycles. The fourth-order valence-electron chi connectivity index (χ4n) is 1.56. The van der Waals surface area contributed by atoms with E-state index in [1.807, 2.05) is 13.0 Å². The molecule has 2 aromatic heterocycles. The number of thiophene rings is 1. The number of carbonyl (C=O) groups excluding carboxylic acids is 1. The monoisotopic (exact) mass is 266 g/mol. The van der Waals surface area contributed by atoms with Crippen molar-refractivity contribution in [2.75, 3.05) is 24.2 Å². The number of nitrogens with two attached hydrogens (primary N) is 1. The summed E-state index contributed by atoms with van der Waals surface area (Å²) >= 11 is 1.54. The van der Waals surface area contributed by atoms with E-state index in [4.69, 9.17) is 10.5 Å². The van der Waals surface area contributed by atoms with Gasteiger partial charge < -0.3 is 15.8 Å². The largest absolute Gasteiger partial charge is 0.465 e. The summed E-state index contributed by atoms with van der Waals surface area (Å²) in [6.45, 7) is 4.17. The lowest BCUT2D eigenvalue weighted by Crippen LogP contribution is -2.17. The van der Waals surface area contributed by atoms with E-state index in [9.17, 15) is 4.79 Å². The van der Waals surface area contributed by atoms with Crippen LogP contribution in [0.4, 0.5) is 11.8 Å². The number of hydrogen-bond acceptors (Lipinski definition) is 7. The Bertz CT molecular complexity index is 582. The number of nitrogens with zero attached hydrogens (tertiary/aromatic N) is 2. The van der Waals surface area contributed by atoms with Crippen LogP contribution in [0.25, 0.3) is 10.2 Å². The van der Waals surface area contributed by atoms with Crippen molar-refractivity contribution in [3.8, 4) is 0 Å². The first kappa shape index (κ1) is 12.6. The van der Waals surface area contributed by atoms with Gasteiger partial charge in [-0.25, -0.2) is 4.98 Å². The predicted octanol–water partition coefficient (Wildman–Crippen LogP) is 1.56. The Morgan fingerprint density at radius 1 is 1.56 bits per heavy atom. The van der Waals surface area contributed by atoms with Crippen LogP contribution in [-0.4, -0.2) is 29.1 Å². The van der Waals surface area contributed by atoms with Crippen LogP contribution >= 0.6 is 11.3 Å². The van der Waals surface area contributed by atoms with Crippen LogP contribution in [0.5, 0.6) is 0 Å². The third kappa shape index (κ3) is 2.67. The summed E-state index contributed by atoms with van der Waals surface area (Å²) in [5, 5.41) is 3.80. The molecule has 0 radical (unpaired) electrons. The van der Waals surface area contributed by atoms with E-state index < -0.39 is 0 Å². The van der Waals surface area contributed by atoms with Gasteiger partial charge in [-0.15, -0.1) is 11.3 Å². The van der Waals surface area contributed by atoms with Crippen molar-refractivity contribution in [1.82, 2.24) is 9.97 Å². The van der Waals surface area contributed by atoms with E-state index in [0.717, 1.165) is 15.1 Å². The number of hydrogen-bond donors (Lipinski definition) is 2. The van der Waals surface area contributed by atoms with Crippen LogP contribution in [0.1, 0.15) is 11.8 Å². The van der Waals surface area contributed by atoms with Crippen molar-refractivity contribution in [3.63, 3.8) is 0 Å². The zero-order valence-electron chi connectivity index (χ0n) is 10.2. The van der Waals surface area contributed by atoms with Crippen LogP contribution in [-0.2, 0) is 9.53 Å². The molecule has 7 heteroatoms. The third-order valence-corrected chi connectivity index (χ3v) is 3.18. The summed E-state index contributed by atoms with van der Waals surface area (Å²) in [5.74, 6) is 0.431. The van der Waals surface area contributed by atoms with E-state index in [1.165, 1.54) is 11.3 Å². The van der Waals surface area contributed by atoms with E-state index >= 15 is 0 Å². The van der Waals surface area contributed by atoms with E-state index in [1.54, 1.807) is 6.92 Å². The number of ether oxygens (including phenoxy) is 1. The van der Waals surface area contributed by atoms with Crippen LogP contribution < -0.4 is 11.1 Å². The molecule has 0 unspecified atom stereocenters. The molecular weight excluding hydrogens is 252 g/mol. The molecule has 6 nitrogen and oxygen atoms in total. The topological polar surface area (TPSA) is 90.1 Å². The summed E-state index contributed by atoms with van der Waals surface area (Å²) < 4.78 is 4.84. The lowest BCUT2D eigenvalue weighted by atomic mass is 10.3. The Kier molecular flexibility index (Phi) is 3.61. The van der Waals surface area contributed by atoms with Crippen LogP contribution in [0, 0.1) is 6.92 Å². The average Bonchev–Trinajstić information content (AvgIpc) is 2.66. The molecule has 0 spiro atoms. The second-order valence-electron chi connectivity index (χ2n) is 3.66. The molecule has 0 bridgehead atoms. The predicted molar refractivity (Wildman–Crippen MR) is 71.7 cm³/mol. The summed E-state index contributed by atoms with van der Waals surface area (Å²) in [6, 6.07) is 1.97. The van der Waals surface area contributed by atoms with Crippen molar-refractivity contribution >= 4 is 39.3 Å². The van der Waals surface area contributed by atoms with Crippen molar-refractivity contribution in [1.29, 1.82) is 0 Å². The van der Waals surface area contributed by atoms with Gasteiger partial charge in [0, 0.05) is 4.88 Å². The Morgan fingerprint density at radius 2 is 2.33 bits per heavy atom. The van der Waals surface area contributed by atoms with Gasteiger partial charge in [0.1, 0.15) is 17.2 Å². The minimum atomic E-state index is -0.324. The SMILES string of the molecule is CCOC(=O)CNc1nc(N)nc2sc(C)cc12. The lowest BCUT2D eigenvalue weighted by molar-refractivity contribution is -0.140. The molecule has 0 atom stereocenters. The molecule has 0 fully saturated rings. The van der Waals surface area contributed by atoms with Gasteiger partial charge in [0.05, 0.1) is 12.0 Å². The molecule has 2 rings (SSSR count). The first-order valence-electron chi connectivity index (χ1n) is 5.53. The first-order valence-corrected chi connectivity index (χ1v) is 6.35. The number of nitrogens with one attached hydrogen (secondary N) is 1. The van der Waals surface area contributed by atoms with Gasteiger partial charge >= 0.3 is 5.97 Å². The molecule has 0 aliphatic heterocycles. The Morgan fingerprint density at radius 3 is 3.06 bits per heavy atom. The van der Waals surface area contributed by atoms with E-state index in [-0.39, 0.29) is 18.5 Å². The van der Waals surface area contributed by atoms with Gasteiger partial charge in [-0.3, -0.25) is 4.79 Å². The number of aryl methyl sites for hydroxylation is 1. The molecule has 0 amide bonds. The van der Waals surface area contributed by atoms with Gasteiger partial charge in [-0.1, -0.05) is 0 Å². The molecule has 0 aromatic carbocycles. The van der Waals surface area contributed by atoms with Gasteiger partial charge in [-0.2, -0.15) is 4.98 Å². The quantitative estimate of drug-likeness (QED) is 0.816. The first-order chi connectivity index (χ1) is 8.60. The maximum atomic E-state index is 11.3. The molecule has 0 aliphatic carbocycles.